The summed E-state index contributed by atoms with van der Waals surface area (Å²) in [6.07, 6.45) is 6.68. The number of rotatable bonds is 10. The van der Waals surface area contributed by atoms with Crippen molar-refractivity contribution in [1.29, 1.82) is 0 Å². The van der Waals surface area contributed by atoms with Gasteiger partial charge in [0.25, 0.3) is 0 Å². The lowest BCUT2D eigenvalue weighted by Crippen LogP contribution is -2.42. The molecule has 2 aromatic rings. The Morgan fingerprint density at radius 1 is 1.09 bits per heavy atom. The second kappa shape index (κ2) is 10.3. The molecule has 6 nitrogen and oxygen atoms in total. The molecule has 2 aliphatic carbocycles. The first-order valence-electron chi connectivity index (χ1n) is 11.8. The van der Waals surface area contributed by atoms with Crippen molar-refractivity contribution < 1.29 is 18.6 Å². The number of anilines is 2. The number of methoxy groups -OCH3 is 1. The summed E-state index contributed by atoms with van der Waals surface area (Å²) < 4.78 is 34.4. The summed E-state index contributed by atoms with van der Waals surface area (Å²) in [5, 5.41) is 20.2. The first-order valence-corrected chi connectivity index (χ1v) is 11.8. The zero-order valence-corrected chi connectivity index (χ0v) is 19.3. The second-order valence-corrected chi connectivity index (χ2v) is 9.54. The molecule has 1 aromatic heterocycles. The third-order valence-corrected chi connectivity index (χ3v) is 6.58. The fourth-order valence-electron chi connectivity index (χ4n) is 4.47. The number of benzene rings is 1. The number of hydrogen-bond donors (Lipinski definition) is 4. The van der Waals surface area contributed by atoms with Crippen LogP contribution in [0.1, 0.15) is 45.4 Å². The Balaban J connectivity index is 1.40. The molecule has 0 bridgehead atoms. The van der Waals surface area contributed by atoms with E-state index in [1.807, 2.05) is 0 Å². The minimum absolute atomic E-state index is 0.169. The molecule has 2 aliphatic rings. The van der Waals surface area contributed by atoms with Crippen LogP contribution in [0.5, 0.6) is 0 Å². The van der Waals surface area contributed by atoms with Crippen molar-refractivity contribution in [2.45, 2.75) is 69.2 Å². The molecule has 0 unspecified atom stereocenters. The number of nitrogens with zero attached hydrogens (tertiary/aromatic N) is 1. The molecular weight excluding hydrogens is 426 g/mol. The van der Waals surface area contributed by atoms with Gasteiger partial charge < -0.3 is 25.8 Å². The van der Waals surface area contributed by atoms with Gasteiger partial charge in [-0.3, -0.25) is 0 Å². The quantitative estimate of drug-likeness (QED) is 0.423. The molecule has 1 atom stereocenters. The molecule has 4 rings (SSSR count). The standard InChI is InChI=1S/C25H34F2N4O2/c1-16(14-33-2)30-17-3-5-18(6-4-17)31-24-12-21(23(27)13-28-24)20-11-19(7-8-22(20)26)29-15-25(32)9-10-25/h7-8,11-13,16-18,29-30,32H,3-6,9-10,14-15H2,1-2H3,(H,28,31)/t16-,17?,18?/m1/s1. The van der Waals surface area contributed by atoms with E-state index in [4.69, 9.17) is 4.74 Å². The van der Waals surface area contributed by atoms with E-state index in [0.717, 1.165) is 44.7 Å². The Bertz CT molecular complexity index is 946. The number of aromatic nitrogens is 1. The zero-order valence-electron chi connectivity index (χ0n) is 19.3. The number of aliphatic hydroxyl groups is 1. The van der Waals surface area contributed by atoms with Crippen LogP contribution in [-0.2, 0) is 4.74 Å². The summed E-state index contributed by atoms with van der Waals surface area (Å²) in [6, 6.07) is 7.10. The van der Waals surface area contributed by atoms with Crippen molar-refractivity contribution in [2.24, 2.45) is 0 Å². The minimum Gasteiger partial charge on any atom is -0.388 e. The van der Waals surface area contributed by atoms with E-state index in [-0.39, 0.29) is 17.2 Å². The maximum atomic E-state index is 14.6. The minimum atomic E-state index is -0.677. The smallest absolute Gasteiger partial charge is 0.149 e. The highest BCUT2D eigenvalue weighted by molar-refractivity contribution is 5.71. The first kappa shape index (κ1) is 23.9. The van der Waals surface area contributed by atoms with E-state index < -0.39 is 17.2 Å². The molecule has 0 radical (unpaired) electrons. The molecule has 2 saturated carbocycles. The van der Waals surface area contributed by atoms with Crippen molar-refractivity contribution in [3.63, 3.8) is 0 Å². The van der Waals surface area contributed by atoms with Crippen molar-refractivity contribution in [2.75, 3.05) is 30.9 Å². The first-order chi connectivity index (χ1) is 15.8. The van der Waals surface area contributed by atoms with Crippen molar-refractivity contribution in [1.82, 2.24) is 10.3 Å². The van der Waals surface area contributed by atoms with Crippen LogP contribution < -0.4 is 16.0 Å². The molecule has 1 aromatic carbocycles. The number of nitrogens with one attached hydrogen (secondary N) is 3. The van der Waals surface area contributed by atoms with E-state index >= 15 is 0 Å². The molecule has 2 fully saturated rings. The van der Waals surface area contributed by atoms with Crippen LogP contribution in [0.15, 0.2) is 30.5 Å². The van der Waals surface area contributed by atoms with Gasteiger partial charge in [-0.1, -0.05) is 0 Å². The lowest BCUT2D eigenvalue weighted by Gasteiger charge is -2.31. The summed E-state index contributed by atoms with van der Waals surface area (Å²) in [5.74, 6) is -0.531. The molecule has 0 saturated heterocycles. The monoisotopic (exact) mass is 460 g/mol. The Morgan fingerprint density at radius 3 is 2.48 bits per heavy atom. The van der Waals surface area contributed by atoms with E-state index in [9.17, 15) is 13.9 Å². The predicted molar refractivity (Wildman–Crippen MR) is 126 cm³/mol. The maximum Gasteiger partial charge on any atom is 0.149 e. The van der Waals surface area contributed by atoms with Gasteiger partial charge in [-0.25, -0.2) is 13.8 Å². The largest absolute Gasteiger partial charge is 0.388 e. The number of hydrogen-bond acceptors (Lipinski definition) is 6. The zero-order chi connectivity index (χ0) is 23.4. The van der Waals surface area contributed by atoms with Gasteiger partial charge in [0.2, 0.25) is 0 Å². The molecule has 8 heteroatoms. The van der Waals surface area contributed by atoms with Crippen LogP contribution in [0.2, 0.25) is 0 Å². The van der Waals surface area contributed by atoms with Crippen molar-refractivity contribution in [3.05, 3.63) is 42.1 Å². The Kier molecular flexibility index (Phi) is 7.46. The lowest BCUT2D eigenvalue weighted by molar-refractivity contribution is 0.161. The summed E-state index contributed by atoms with van der Waals surface area (Å²) in [4.78, 5) is 4.19. The van der Waals surface area contributed by atoms with E-state index in [1.54, 1.807) is 25.3 Å². The molecule has 0 amide bonds. The summed E-state index contributed by atoms with van der Waals surface area (Å²) in [7, 11) is 1.71. The van der Waals surface area contributed by atoms with Gasteiger partial charge in [0.1, 0.15) is 17.5 Å². The Morgan fingerprint density at radius 2 is 1.79 bits per heavy atom. The van der Waals surface area contributed by atoms with Crippen LogP contribution in [0.25, 0.3) is 11.1 Å². The highest BCUT2D eigenvalue weighted by atomic mass is 19.1. The van der Waals surface area contributed by atoms with E-state index in [1.165, 1.54) is 6.07 Å². The van der Waals surface area contributed by atoms with E-state index in [2.05, 4.69) is 27.9 Å². The Labute approximate surface area is 194 Å². The molecule has 33 heavy (non-hydrogen) atoms. The third-order valence-electron chi connectivity index (χ3n) is 6.58. The molecule has 0 spiro atoms. The van der Waals surface area contributed by atoms with Crippen LogP contribution in [0.3, 0.4) is 0 Å². The van der Waals surface area contributed by atoms with Crippen LogP contribution in [-0.4, -0.2) is 54.1 Å². The summed E-state index contributed by atoms with van der Waals surface area (Å²) in [5.41, 5.74) is 0.309. The average Bonchev–Trinajstić information content (AvgIpc) is 3.53. The van der Waals surface area contributed by atoms with Crippen LogP contribution in [0.4, 0.5) is 20.3 Å². The SMILES string of the molecule is COC[C@@H](C)NC1CCC(Nc2cc(-c3cc(NCC4(O)CC4)ccc3F)c(F)cn2)CC1. The van der Waals surface area contributed by atoms with E-state index in [0.29, 0.717) is 36.7 Å². The van der Waals surface area contributed by atoms with Gasteiger partial charge in [0.05, 0.1) is 18.4 Å². The molecule has 1 heterocycles. The topological polar surface area (TPSA) is 78.4 Å². The van der Waals surface area contributed by atoms with Gasteiger partial charge in [0, 0.05) is 48.6 Å². The highest BCUT2D eigenvalue weighted by Gasteiger charge is 2.39. The average molecular weight is 461 g/mol. The fraction of sp³-hybridized carbons (Fsp3) is 0.560. The lowest BCUT2D eigenvalue weighted by atomic mass is 9.90. The third kappa shape index (κ3) is 6.40. The normalized spacial score (nSPS) is 22.6. The van der Waals surface area contributed by atoms with Gasteiger partial charge in [-0.05, 0) is 69.7 Å². The van der Waals surface area contributed by atoms with Crippen LogP contribution in [0, 0.1) is 11.6 Å². The maximum absolute atomic E-state index is 14.6. The summed E-state index contributed by atoms with van der Waals surface area (Å²) in [6.45, 7) is 3.20. The number of halogens is 2. The van der Waals surface area contributed by atoms with Gasteiger partial charge in [0.15, 0.2) is 0 Å². The highest BCUT2D eigenvalue weighted by Crippen LogP contribution is 2.36. The number of ether oxygens (including phenoxy) is 1. The fourth-order valence-corrected chi connectivity index (χ4v) is 4.47. The van der Waals surface area contributed by atoms with Crippen molar-refractivity contribution >= 4 is 11.5 Å². The number of pyridine rings is 1. The van der Waals surface area contributed by atoms with Gasteiger partial charge in [-0.15, -0.1) is 0 Å². The molecule has 180 valence electrons. The molecular formula is C25H34F2N4O2. The van der Waals surface area contributed by atoms with Crippen molar-refractivity contribution in [3.8, 4) is 11.1 Å². The predicted octanol–water partition coefficient (Wildman–Crippen LogP) is 4.31. The summed E-state index contributed by atoms with van der Waals surface area (Å²) >= 11 is 0. The van der Waals surface area contributed by atoms with Crippen LogP contribution >= 0.6 is 0 Å². The molecule has 4 N–H and O–H groups in total. The van der Waals surface area contributed by atoms with Gasteiger partial charge in [-0.2, -0.15) is 0 Å². The second-order valence-electron chi connectivity index (χ2n) is 9.54. The Hall–Kier alpha value is -2.29. The molecule has 0 aliphatic heterocycles. The van der Waals surface area contributed by atoms with Gasteiger partial charge >= 0.3 is 0 Å².